The number of halogens is 3. The van der Waals surface area contributed by atoms with Gasteiger partial charge in [0.2, 0.25) is 5.13 Å². The van der Waals surface area contributed by atoms with E-state index in [2.05, 4.69) is 15.5 Å². The van der Waals surface area contributed by atoms with E-state index < -0.39 is 5.51 Å². The first-order valence-corrected chi connectivity index (χ1v) is 7.58. The Balaban J connectivity index is 1.80. The predicted octanol–water partition coefficient (Wildman–Crippen LogP) is 3.41. The highest BCUT2D eigenvalue weighted by molar-refractivity contribution is 8.01. The van der Waals surface area contributed by atoms with Crippen LogP contribution in [0, 0.1) is 5.92 Å². The molecule has 112 valence electrons. The third-order valence-electron chi connectivity index (χ3n) is 2.74. The van der Waals surface area contributed by atoms with Gasteiger partial charge in [0.25, 0.3) is 0 Å². The van der Waals surface area contributed by atoms with Gasteiger partial charge in [-0.2, -0.15) is 13.2 Å². The van der Waals surface area contributed by atoms with Gasteiger partial charge in [-0.1, -0.05) is 24.2 Å². The molecule has 0 saturated heterocycles. The second-order valence-electron chi connectivity index (χ2n) is 4.50. The molecule has 1 aromatic heterocycles. The van der Waals surface area contributed by atoms with Gasteiger partial charge in [-0.3, -0.25) is 5.32 Å². The van der Waals surface area contributed by atoms with Crippen molar-refractivity contribution in [1.29, 1.82) is 0 Å². The molecule has 1 heterocycles. The summed E-state index contributed by atoms with van der Waals surface area (Å²) in [5.41, 5.74) is -4.40. The Hall–Kier alpha value is -1.03. The molecule has 0 aromatic carbocycles. The van der Waals surface area contributed by atoms with Gasteiger partial charge < -0.3 is 4.90 Å². The summed E-state index contributed by atoms with van der Waals surface area (Å²) >= 11 is 0.364. The SMILES string of the molecule is CN(CCC1CC1)C(=O)Nc1nnc(SC(F)(F)F)s1. The van der Waals surface area contributed by atoms with Gasteiger partial charge in [0.1, 0.15) is 0 Å². The Morgan fingerprint density at radius 3 is 2.80 bits per heavy atom. The average molecular weight is 326 g/mol. The summed E-state index contributed by atoms with van der Waals surface area (Å²) in [5, 5.41) is 9.41. The smallest absolute Gasteiger partial charge is 0.328 e. The number of urea groups is 1. The highest BCUT2D eigenvalue weighted by atomic mass is 32.2. The van der Waals surface area contributed by atoms with Gasteiger partial charge in [-0.25, -0.2) is 4.79 Å². The number of thioether (sulfide) groups is 1. The van der Waals surface area contributed by atoms with Crippen molar-refractivity contribution in [2.24, 2.45) is 5.92 Å². The van der Waals surface area contributed by atoms with Crippen molar-refractivity contribution < 1.29 is 18.0 Å². The first kappa shape index (κ1) is 15.4. The quantitative estimate of drug-likeness (QED) is 0.665. The largest absolute Gasteiger partial charge is 0.448 e. The maximum Gasteiger partial charge on any atom is 0.448 e. The van der Waals surface area contributed by atoms with Crippen LogP contribution in [0.2, 0.25) is 0 Å². The minimum atomic E-state index is -4.40. The number of rotatable bonds is 5. The lowest BCUT2D eigenvalue weighted by Crippen LogP contribution is -2.32. The third kappa shape index (κ3) is 5.16. The first-order chi connectivity index (χ1) is 9.33. The van der Waals surface area contributed by atoms with Crippen molar-refractivity contribution in [2.45, 2.75) is 29.1 Å². The van der Waals surface area contributed by atoms with Crippen molar-refractivity contribution in [3.05, 3.63) is 0 Å². The van der Waals surface area contributed by atoms with Gasteiger partial charge >= 0.3 is 11.5 Å². The number of hydrogen-bond donors (Lipinski definition) is 1. The van der Waals surface area contributed by atoms with E-state index in [0.29, 0.717) is 23.8 Å². The molecule has 1 fully saturated rings. The summed E-state index contributed by atoms with van der Waals surface area (Å²) in [7, 11) is 1.64. The Labute approximate surface area is 121 Å². The van der Waals surface area contributed by atoms with E-state index in [1.54, 1.807) is 7.05 Å². The summed E-state index contributed by atoms with van der Waals surface area (Å²) in [4.78, 5) is 13.3. The lowest BCUT2D eigenvalue weighted by Gasteiger charge is -2.16. The average Bonchev–Trinajstić information content (AvgIpc) is 3.07. The normalized spacial score (nSPS) is 15.2. The number of amides is 2. The van der Waals surface area contributed by atoms with Crippen LogP contribution in [-0.4, -0.2) is 40.2 Å². The molecule has 2 rings (SSSR count). The van der Waals surface area contributed by atoms with Crippen LogP contribution >= 0.6 is 23.1 Å². The van der Waals surface area contributed by atoms with Crippen LogP contribution in [0.1, 0.15) is 19.3 Å². The van der Waals surface area contributed by atoms with Crippen molar-refractivity contribution in [2.75, 3.05) is 18.9 Å². The van der Waals surface area contributed by atoms with E-state index in [4.69, 9.17) is 0 Å². The van der Waals surface area contributed by atoms with Crippen LogP contribution in [0.5, 0.6) is 0 Å². The monoisotopic (exact) mass is 326 g/mol. The lowest BCUT2D eigenvalue weighted by molar-refractivity contribution is -0.0328. The van der Waals surface area contributed by atoms with E-state index in [1.165, 1.54) is 17.7 Å². The zero-order chi connectivity index (χ0) is 14.8. The number of hydrogen-bond acceptors (Lipinski definition) is 5. The van der Waals surface area contributed by atoms with Crippen molar-refractivity contribution >= 4 is 34.3 Å². The molecule has 0 aliphatic heterocycles. The number of carbonyl (C=O) groups is 1. The Kier molecular flexibility index (Phi) is 4.74. The van der Waals surface area contributed by atoms with Gasteiger partial charge in [0.05, 0.1) is 0 Å². The summed E-state index contributed by atoms with van der Waals surface area (Å²) < 4.78 is 36.1. The van der Waals surface area contributed by atoms with Crippen molar-refractivity contribution in [1.82, 2.24) is 15.1 Å². The number of anilines is 1. The zero-order valence-electron chi connectivity index (χ0n) is 10.6. The zero-order valence-corrected chi connectivity index (χ0v) is 12.2. The molecule has 1 N–H and O–H groups in total. The topological polar surface area (TPSA) is 58.1 Å². The maximum absolute atomic E-state index is 12.1. The maximum atomic E-state index is 12.1. The molecule has 0 atom stereocenters. The summed E-state index contributed by atoms with van der Waals surface area (Å²) in [6.07, 6.45) is 3.38. The molecule has 20 heavy (non-hydrogen) atoms. The minimum absolute atomic E-state index is 0.0695. The Morgan fingerprint density at radius 2 is 2.20 bits per heavy atom. The molecular weight excluding hydrogens is 313 g/mol. The highest BCUT2D eigenvalue weighted by Crippen LogP contribution is 2.39. The number of carbonyl (C=O) groups excluding carboxylic acids is 1. The van der Waals surface area contributed by atoms with Gasteiger partial charge in [-0.05, 0) is 12.3 Å². The molecule has 1 saturated carbocycles. The van der Waals surface area contributed by atoms with Crippen LogP contribution in [-0.2, 0) is 0 Å². The molecule has 5 nitrogen and oxygen atoms in total. The minimum Gasteiger partial charge on any atom is -0.328 e. The molecule has 0 spiro atoms. The van der Waals surface area contributed by atoms with Crippen LogP contribution in [0.3, 0.4) is 0 Å². The summed E-state index contributed by atoms with van der Waals surface area (Å²) in [5.74, 6) is 0.710. The molecule has 1 aromatic rings. The number of aromatic nitrogens is 2. The van der Waals surface area contributed by atoms with Crippen LogP contribution in [0.15, 0.2) is 4.34 Å². The van der Waals surface area contributed by atoms with Gasteiger partial charge in [0.15, 0.2) is 4.34 Å². The standard InChI is InChI=1S/C10H13F3N4OS2/c1-17(5-4-6-2-3-6)8(18)14-7-15-16-9(19-7)20-10(11,12)13/h6H,2-5H2,1H3,(H,14,15,18). The Morgan fingerprint density at radius 1 is 1.50 bits per heavy atom. The van der Waals surface area contributed by atoms with E-state index in [0.717, 1.165) is 6.42 Å². The fourth-order valence-corrected chi connectivity index (χ4v) is 2.91. The van der Waals surface area contributed by atoms with E-state index >= 15 is 0 Å². The third-order valence-corrected chi connectivity index (χ3v) is 4.36. The van der Waals surface area contributed by atoms with E-state index in [1.807, 2.05) is 0 Å². The number of nitrogens with one attached hydrogen (secondary N) is 1. The second-order valence-corrected chi connectivity index (χ2v) is 6.79. The van der Waals surface area contributed by atoms with Crippen LogP contribution in [0.4, 0.5) is 23.1 Å². The molecule has 10 heteroatoms. The van der Waals surface area contributed by atoms with Crippen LogP contribution in [0.25, 0.3) is 0 Å². The Bertz CT molecular complexity index is 475. The molecule has 0 unspecified atom stereocenters. The fourth-order valence-electron chi connectivity index (χ4n) is 1.47. The van der Waals surface area contributed by atoms with Crippen molar-refractivity contribution in [3.8, 4) is 0 Å². The first-order valence-electron chi connectivity index (χ1n) is 5.95. The van der Waals surface area contributed by atoms with Gasteiger partial charge in [-0.15, -0.1) is 10.2 Å². The predicted molar refractivity (Wildman–Crippen MR) is 70.8 cm³/mol. The fraction of sp³-hybridized carbons (Fsp3) is 0.700. The second kappa shape index (κ2) is 6.17. The molecule has 1 aliphatic rings. The molecule has 0 radical (unpaired) electrons. The summed E-state index contributed by atoms with van der Waals surface area (Å²) in [6, 6.07) is -0.384. The molecule has 2 amide bonds. The number of nitrogens with zero attached hydrogens (tertiary/aromatic N) is 3. The molecular formula is C10H13F3N4OS2. The lowest BCUT2D eigenvalue weighted by atomic mass is 10.3. The molecule has 1 aliphatic carbocycles. The highest BCUT2D eigenvalue weighted by Gasteiger charge is 2.31. The van der Waals surface area contributed by atoms with E-state index in [-0.39, 0.29) is 27.3 Å². The molecule has 0 bridgehead atoms. The van der Waals surface area contributed by atoms with Gasteiger partial charge in [0, 0.05) is 25.4 Å². The van der Waals surface area contributed by atoms with E-state index in [9.17, 15) is 18.0 Å². The van der Waals surface area contributed by atoms with Crippen LogP contribution < -0.4 is 5.32 Å². The van der Waals surface area contributed by atoms with Crippen molar-refractivity contribution in [3.63, 3.8) is 0 Å². The number of alkyl halides is 3. The summed E-state index contributed by atoms with van der Waals surface area (Å²) in [6.45, 7) is 0.624.